The van der Waals surface area contributed by atoms with Gasteiger partial charge in [-0.2, -0.15) is 5.10 Å². The summed E-state index contributed by atoms with van der Waals surface area (Å²) in [6.07, 6.45) is 0. The minimum absolute atomic E-state index is 0.0220. The molecule has 7 heteroatoms. The predicted octanol–water partition coefficient (Wildman–Crippen LogP) is 1.15. The molecule has 1 aromatic carbocycles. The van der Waals surface area contributed by atoms with E-state index in [0.29, 0.717) is 23.8 Å². The van der Waals surface area contributed by atoms with Crippen LogP contribution in [-0.4, -0.2) is 49.2 Å². The summed E-state index contributed by atoms with van der Waals surface area (Å²) in [4.78, 5) is 25.0. The number of halogens is 1. The maximum absolute atomic E-state index is 12.2. The topological polar surface area (TPSA) is 62.2 Å². The molecule has 3 rings (SSSR count). The molecule has 0 spiro atoms. The van der Waals surface area contributed by atoms with E-state index >= 15 is 0 Å². The van der Waals surface area contributed by atoms with Crippen molar-refractivity contribution in [2.75, 3.05) is 31.8 Å². The third-order valence-electron chi connectivity index (χ3n) is 3.63. The van der Waals surface area contributed by atoms with Gasteiger partial charge < -0.3 is 9.64 Å². The summed E-state index contributed by atoms with van der Waals surface area (Å²) < 4.78 is 4.59. The SMILES string of the molecule is COC(=O)CN1CC2CN(c3ccc(Cl)cc3)N=C2C1=O. The minimum Gasteiger partial charge on any atom is -0.468 e. The molecule has 1 unspecified atom stereocenters. The first kappa shape index (κ1) is 13.9. The molecule has 1 aromatic rings. The minimum atomic E-state index is -0.418. The Labute approximate surface area is 126 Å². The molecule has 0 aromatic heterocycles. The number of anilines is 1. The summed E-state index contributed by atoms with van der Waals surface area (Å²) in [5.74, 6) is -0.585. The number of carbonyl (C=O) groups excluding carboxylic acids is 2. The number of benzene rings is 1. The van der Waals surface area contributed by atoms with Crippen molar-refractivity contribution in [3.05, 3.63) is 29.3 Å². The number of carbonyl (C=O) groups is 2. The Morgan fingerprint density at radius 1 is 1.38 bits per heavy atom. The van der Waals surface area contributed by atoms with Gasteiger partial charge in [0, 0.05) is 17.5 Å². The van der Waals surface area contributed by atoms with Gasteiger partial charge in [-0.1, -0.05) is 11.6 Å². The maximum Gasteiger partial charge on any atom is 0.325 e. The molecule has 0 saturated carbocycles. The molecule has 2 aliphatic rings. The third-order valence-corrected chi connectivity index (χ3v) is 3.88. The smallest absolute Gasteiger partial charge is 0.325 e. The largest absolute Gasteiger partial charge is 0.468 e. The molecule has 0 bridgehead atoms. The van der Waals surface area contributed by atoms with Crippen LogP contribution in [0, 0.1) is 5.92 Å². The molecule has 1 atom stereocenters. The van der Waals surface area contributed by atoms with E-state index in [0.717, 1.165) is 5.69 Å². The van der Waals surface area contributed by atoms with Crippen molar-refractivity contribution in [3.8, 4) is 0 Å². The van der Waals surface area contributed by atoms with E-state index in [1.807, 2.05) is 12.1 Å². The van der Waals surface area contributed by atoms with Crippen LogP contribution in [0.3, 0.4) is 0 Å². The Balaban J connectivity index is 1.74. The second-order valence-electron chi connectivity index (χ2n) is 5.00. The molecule has 1 amide bonds. The van der Waals surface area contributed by atoms with Crippen LogP contribution in [-0.2, 0) is 14.3 Å². The Morgan fingerprint density at radius 2 is 2.10 bits per heavy atom. The van der Waals surface area contributed by atoms with Crippen LogP contribution in [0.2, 0.25) is 5.02 Å². The number of esters is 1. The number of amides is 1. The van der Waals surface area contributed by atoms with E-state index in [9.17, 15) is 9.59 Å². The molecule has 2 aliphatic heterocycles. The maximum atomic E-state index is 12.2. The number of rotatable bonds is 3. The van der Waals surface area contributed by atoms with Crippen LogP contribution in [0.15, 0.2) is 29.4 Å². The van der Waals surface area contributed by atoms with Crippen LogP contribution < -0.4 is 5.01 Å². The predicted molar refractivity (Wildman–Crippen MR) is 78.3 cm³/mol. The zero-order valence-corrected chi connectivity index (χ0v) is 12.2. The van der Waals surface area contributed by atoms with Gasteiger partial charge in [0.1, 0.15) is 12.3 Å². The number of fused-ring (bicyclic) bond motifs is 1. The van der Waals surface area contributed by atoms with Gasteiger partial charge in [0.25, 0.3) is 5.91 Å². The number of hydrazone groups is 1. The van der Waals surface area contributed by atoms with E-state index in [1.165, 1.54) is 12.0 Å². The molecule has 2 heterocycles. The summed E-state index contributed by atoms with van der Waals surface area (Å²) in [5.41, 5.74) is 1.41. The average Bonchev–Trinajstić information content (AvgIpc) is 3.00. The van der Waals surface area contributed by atoms with Crippen molar-refractivity contribution in [2.24, 2.45) is 11.0 Å². The summed E-state index contributed by atoms with van der Waals surface area (Å²) in [7, 11) is 1.31. The first-order valence-electron chi connectivity index (χ1n) is 6.56. The fraction of sp³-hybridized carbons (Fsp3) is 0.357. The van der Waals surface area contributed by atoms with E-state index in [1.54, 1.807) is 17.1 Å². The summed E-state index contributed by atoms with van der Waals surface area (Å²) in [6.45, 7) is 1.10. The second-order valence-corrected chi connectivity index (χ2v) is 5.44. The van der Waals surface area contributed by atoms with Crippen molar-refractivity contribution in [1.29, 1.82) is 0 Å². The average molecular weight is 308 g/mol. The van der Waals surface area contributed by atoms with Crippen LogP contribution >= 0.6 is 11.6 Å². The summed E-state index contributed by atoms with van der Waals surface area (Å²) in [5, 5.41) is 6.83. The quantitative estimate of drug-likeness (QED) is 0.786. The van der Waals surface area contributed by atoms with Gasteiger partial charge in [-0.05, 0) is 24.3 Å². The van der Waals surface area contributed by atoms with Gasteiger partial charge in [-0.3, -0.25) is 14.6 Å². The molecular formula is C14H14ClN3O3. The zero-order chi connectivity index (χ0) is 15.0. The van der Waals surface area contributed by atoms with Crippen molar-refractivity contribution < 1.29 is 14.3 Å². The lowest BCUT2D eigenvalue weighted by molar-refractivity contribution is -0.144. The van der Waals surface area contributed by atoms with Gasteiger partial charge in [0.05, 0.1) is 19.3 Å². The summed E-state index contributed by atoms with van der Waals surface area (Å²) in [6, 6.07) is 7.31. The number of hydrogen-bond donors (Lipinski definition) is 0. The number of hydrogen-bond acceptors (Lipinski definition) is 5. The van der Waals surface area contributed by atoms with Crippen LogP contribution in [0.4, 0.5) is 5.69 Å². The fourth-order valence-corrected chi connectivity index (χ4v) is 2.68. The van der Waals surface area contributed by atoms with E-state index in [-0.39, 0.29) is 18.4 Å². The van der Waals surface area contributed by atoms with Crippen molar-refractivity contribution in [2.45, 2.75) is 0 Å². The van der Waals surface area contributed by atoms with Gasteiger partial charge in [-0.25, -0.2) is 0 Å². The van der Waals surface area contributed by atoms with Gasteiger partial charge in [0.15, 0.2) is 0 Å². The lowest BCUT2D eigenvalue weighted by Crippen LogP contribution is -2.34. The molecule has 1 saturated heterocycles. The van der Waals surface area contributed by atoms with E-state index in [4.69, 9.17) is 11.6 Å². The number of nitrogens with zero attached hydrogens (tertiary/aromatic N) is 3. The highest BCUT2D eigenvalue weighted by Crippen LogP contribution is 2.28. The standard InChI is InChI=1S/C14H14ClN3O3/c1-21-12(19)8-17-6-9-7-18(16-13(9)14(17)20)11-4-2-10(15)3-5-11/h2-5,9H,6-8H2,1H3. The van der Waals surface area contributed by atoms with Crippen LogP contribution in [0.5, 0.6) is 0 Å². The Morgan fingerprint density at radius 3 is 2.71 bits per heavy atom. The highest BCUT2D eigenvalue weighted by Gasteiger charge is 2.42. The highest BCUT2D eigenvalue weighted by atomic mass is 35.5. The van der Waals surface area contributed by atoms with Crippen LogP contribution in [0.1, 0.15) is 0 Å². The highest BCUT2D eigenvalue weighted by molar-refractivity contribution is 6.42. The normalized spacial score (nSPS) is 20.6. The molecule has 110 valence electrons. The number of ether oxygens (including phenoxy) is 1. The first-order chi connectivity index (χ1) is 10.1. The monoisotopic (exact) mass is 307 g/mol. The first-order valence-corrected chi connectivity index (χ1v) is 6.94. The van der Waals surface area contributed by atoms with Gasteiger partial charge in [0.2, 0.25) is 0 Å². The lowest BCUT2D eigenvalue weighted by Gasteiger charge is -2.18. The van der Waals surface area contributed by atoms with Gasteiger partial charge in [-0.15, -0.1) is 0 Å². The summed E-state index contributed by atoms with van der Waals surface area (Å²) >= 11 is 5.86. The van der Waals surface area contributed by atoms with Crippen LogP contribution in [0.25, 0.3) is 0 Å². The lowest BCUT2D eigenvalue weighted by atomic mass is 10.1. The van der Waals surface area contributed by atoms with E-state index < -0.39 is 5.97 Å². The third kappa shape index (κ3) is 2.58. The molecule has 1 fully saturated rings. The molecule has 0 N–H and O–H groups in total. The van der Waals surface area contributed by atoms with Crippen molar-refractivity contribution >= 4 is 34.9 Å². The van der Waals surface area contributed by atoms with Crippen molar-refractivity contribution in [3.63, 3.8) is 0 Å². The van der Waals surface area contributed by atoms with E-state index in [2.05, 4.69) is 9.84 Å². The Kier molecular flexibility index (Phi) is 3.55. The Hall–Kier alpha value is -2.08. The molecular weight excluding hydrogens is 294 g/mol. The van der Waals surface area contributed by atoms with Gasteiger partial charge >= 0.3 is 5.97 Å². The molecule has 21 heavy (non-hydrogen) atoms. The number of methoxy groups -OCH3 is 1. The fourth-order valence-electron chi connectivity index (χ4n) is 2.55. The number of likely N-dealkylation sites (tertiary alicyclic amines) is 1. The second kappa shape index (κ2) is 5.37. The molecule has 6 nitrogen and oxygen atoms in total. The Bertz CT molecular complexity index is 614. The van der Waals surface area contributed by atoms with Crippen molar-refractivity contribution in [1.82, 2.24) is 4.90 Å². The molecule has 0 radical (unpaired) electrons. The molecule has 0 aliphatic carbocycles. The zero-order valence-electron chi connectivity index (χ0n) is 11.5.